The number of nitrogens with zero attached hydrogens (tertiary/aromatic N) is 3. The summed E-state index contributed by atoms with van der Waals surface area (Å²) in [5.74, 6) is -0.963. The van der Waals surface area contributed by atoms with Gasteiger partial charge in [0.05, 0.1) is 4.47 Å². The van der Waals surface area contributed by atoms with E-state index in [0.717, 1.165) is 38.3 Å². The van der Waals surface area contributed by atoms with Gasteiger partial charge in [0.2, 0.25) is 5.82 Å². The second kappa shape index (κ2) is 9.98. The Kier molecular flexibility index (Phi) is 6.88. The van der Waals surface area contributed by atoms with Crippen LogP contribution in [0.25, 0.3) is 0 Å². The summed E-state index contributed by atoms with van der Waals surface area (Å²) < 4.78 is 18.4. The lowest BCUT2D eigenvalue weighted by molar-refractivity contribution is 0.102. The Morgan fingerprint density at radius 2 is 1.91 bits per heavy atom. The second-order valence-electron chi connectivity index (χ2n) is 7.27. The van der Waals surface area contributed by atoms with Gasteiger partial charge in [-0.1, -0.05) is 12.1 Å². The number of hydrogen-bond acceptors (Lipinski definition) is 7. The number of benzene rings is 2. The van der Waals surface area contributed by atoms with Crippen molar-refractivity contribution in [3.05, 3.63) is 69.6 Å². The predicted molar refractivity (Wildman–Crippen MR) is 121 cm³/mol. The quantitative estimate of drug-likeness (QED) is 0.302. The number of hydrogen-bond donors (Lipinski definition) is 4. The lowest BCUT2D eigenvalue weighted by Crippen LogP contribution is -2.42. The number of amidine groups is 1. The second-order valence-corrected chi connectivity index (χ2v) is 8.12. The van der Waals surface area contributed by atoms with Gasteiger partial charge < -0.3 is 16.0 Å². The Balaban J connectivity index is 1.39. The van der Waals surface area contributed by atoms with Crippen molar-refractivity contribution < 1.29 is 13.8 Å². The van der Waals surface area contributed by atoms with Crippen LogP contribution in [0.1, 0.15) is 21.6 Å². The molecular weight excluding hydrogens is 481 g/mol. The van der Waals surface area contributed by atoms with E-state index < -0.39 is 11.7 Å². The third-order valence-corrected chi connectivity index (χ3v) is 5.59. The standard InChI is InChI=1S/C21H21BrFN7O2/c22-16-11-15(5-6-17(16)23)26-19(24)18-20(29-32-28-18)27-21(31)14-3-1-13(2-4-14)12-30-9-7-25-8-10-30/h1-6,11,25H,7-10,12H2,(H2,24,26)(H,27,29,31). The highest BCUT2D eigenvalue weighted by molar-refractivity contribution is 9.10. The maximum Gasteiger partial charge on any atom is 0.256 e. The minimum absolute atomic E-state index is 0.0126. The van der Waals surface area contributed by atoms with Gasteiger partial charge in [0, 0.05) is 44.0 Å². The Bertz CT molecular complexity index is 1110. The molecule has 1 aliphatic rings. The van der Waals surface area contributed by atoms with Crippen molar-refractivity contribution in [2.24, 2.45) is 0 Å². The van der Waals surface area contributed by atoms with Crippen LogP contribution >= 0.6 is 15.9 Å². The summed E-state index contributed by atoms with van der Waals surface area (Å²) in [6.07, 6.45) is 0. The molecule has 1 aliphatic heterocycles. The number of anilines is 2. The maximum absolute atomic E-state index is 13.4. The zero-order valence-electron chi connectivity index (χ0n) is 17.0. The highest BCUT2D eigenvalue weighted by Gasteiger charge is 2.19. The van der Waals surface area contributed by atoms with Crippen LogP contribution in [0.3, 0.4) is 0 Å². The van der Waals surface area contributed by atoms with Crippen molar-refractivity contribution in [3.63, 3.8) is 0 Å². The summed E-state index contributed by atoms with van der Waals surface area (Å²) in [5, 5.41) is 24.3. The van der Waals surface area contributed by atoms with E-state index in [1.807, 2.05) is 12.1 Å². The lowest BCUT2D eigenvalue weighted by Gasteiger charge is -2.27. The van der Waals surface area contributed by atoms with Crippen LogP contribution in [0.4, 0.5) is 15.9 Å². The number of carbonyl (C=O) groups excluding carboxylic acids is 1. The van der Waals surface area contributed by atoms with E-state index in [2.05, 4.69) is 47.1 Å². The first-order valence-corrected chi connectivity index (χ1v) is 10.8. The molecule has 1 saturated heterocycles. The molecule has 0 radical (unpaired) electrons. The molecule has 11 heteroatoms. The smallest absolute Gasteiger partial charge is 0.256 e. The largest absolute Gasteiger partial charge is 0.339 e. The van der Waals surface area contributed by atoms with Gasteiger partial charge in [-0.2, -0.15) is 0 Å². The first-order valence-electron chi connectivity index (χ1n) is 9.96. The molecule has 9 nitrogen and oxygen atoms in total. The molecule has 0 spiro atoms. The van der Waals surface area contributed by atoms with Crippen molar-refractivity contribution in [2.45, 2.75) is 6.54 Å². The van der Waals surface area contributed by atoms with Gasteiger partial charge >= 0.3 is 0 Å². The van der Waals surface area contributed by atoms with Gasteiger partial charge in [0.25, 0.3) is 5.91 Å². The normalized spacial score (nSPS) is 14.2. The Morgan fingerprint density at radius 3 is 2.62 bits per heavy atom. The summed E-state index contributed by atoms with van der Waals surface area (Å²) in [6, 6.07) is 11.6. The van der Waals surface area contributed by atoms with Crippen LogP contribution < -0.4 is 16.0 Å². The third-order valence-electron chi connectivity index (χ3n) is 4.98. The topological polar surface area (TPSA) is 119 Å². The number of piperazine rings is 1. The van der Waals surface area contributed by atoms with Crippen molar-refractivity contribution in [1.82, 2.24) is 20.5 Å². The number of rotatable bonds is 6. The molecule has 0 aliphatic carbocycles. The predicted octanol–water partition coefficient (Wildman–Crippen LogP) is 3.07. The SMILES string of the molecule is N=C(Nc1ccc(F)c(Br)c1)c1nonc1NC(=O)c1ccc(CN2CCNCC2)cc1. The zero-order chi connectivity index (χ0) is 22.5. The molecule has 0 atom stereocenters. The number of halogens is 2. The van der Waals surface area contributed by atoms with Crippen LogP contribution in [-0.2, 0) is 6.54 Å². The summed E-state index contributed by atoms with van der Waals surface area (Å²) in [6.45, 7) is 4.80. The van der Waals surface area contributed by atoms with Crippen molar-refractivity contribution >= 4 is 39.2 Å². The highest BCUT2D eigenvalue weighted by atomic mass is 79.9. The van der Waals surface area contributed by atoms with Gasteiger partial charge in [-0.05, 0) is 62.1 Å². The highest BCUT2D eigenvalue weighted by Crippen LogP contribution is 2.21. The van der Waals surface area contributed by atoms with Gasteiger partial charge in [-0.15, -0.1) is 0 Å². The Labute approximate surface area is 192 Å². The fourth-order valence-corrected chi connectivity index (χ4v) is 3.66. The third kappa shape index (κ3) is 5.36. The minimum Gasteiger partial charge on any atom is -0.339 e. The van der Waals surface area contributed by atoms with E-state index in [-0.39, 0.29) is 21.8 Å². The first-order chi connectivity index (χ1) is 15.5. The van der Waals surface area contributed by atoms with Gasteiger partial charge in [-0.25, -0.2) is 9.02 Å². The molecule has 2 aromatic carbocycles. The Morgan fingerprint density at radius 1 is 1.16 bits per heavy atom. The zero-order valence-corrected chi connectivity index (χ0v) is 18.6. The molecular formula is C21H21BrFN7O2. The van der Waals surface area contributed by atoms with Crippen molar-refractivity contribution in [2.75, 3.05) is 36.8 Å². The molecule has 0 saturated carbocycles. The lowest BCUT2D eigenvalue weighted by atomic mass is 10.1. The fraction of sp³-hybridized carbons (Fsp3) is 0.238. The van der Waals surface area contributed by atoms with Crippen LogP contribution in [0, 0.1) is 11.2 Å². The first kappa shape index (κ1) is 22.1. The molecule has 0 bridgehead atoms. The number of carbonyl (C=O) groups is 1. The monoisotopic (exact) mass is 501 g/mol. The van der Waals surface area contributed by atoms with E-state index in [1.54, 1.807) is 12.1 Å². The van der Waals surface area contributed by atoms with Crippen molar-refractivity contribution in [3.8, 4) is 0 Å². The van der Waals surface area contributed by atoms with Gasteiger partial charge in [-0.3, -0.25) is 15.1 Å². The average Bonchev–Trinajstić information content (AvgIpc) is 3.26. The van der Waals surface area contributed by atoms with E-state index >= 15 is 0 Å². The summed E-state index contributed by atoms with van der Waals surface area (Å²) in [7, 11) is 0. The molecule has 0 unspecified atom stereocenters. The molecule has 4 rings (SSSR count). The van der Waals surface area contributed by atoms with Crippen molar-refractivity contribution in [1.29, 1.82) is 5.41 Å². The molecule has 1 amide bonds. The van der Waals surface area contributed by atoms with Crippen LogP contribution in [0.15, 0.2) is 51.6 Å². The summed E-state index contributed by atoms with van der Waals surface area (Å²) in [5.41, 5.74) is 2.06. The van der Waals surface area contributed by atoms with E-state index in [9.17, 15) is 9.18 Å². The molecule has 32 heavy (non-hydrogen) atoms. The number of nitrogens with one attached hydrogen (secondary N) is 4. The van der Waals surface area contributed by atoms with Crippen LogP contribution in [-0.4, -0.2) is 53.1 Å². The fourth-order valence-electron chi connectivity index (χ4n) is 3.28. The molecule has 166 valence electrons. The molecule has 1 aromatic heterocycles. The number of aromatic nitrogens is 2. The van der Waals surface area contributed by atoms with Gasteiger partial charge in [0.1, 0.15) is 5.82 Å². The van der Waals surface area contributed by atoms with Crippen LogP contribution in [0.5, 0.6) is 0 Å². The minimum atomic E-state index is -0.419. The summed E-state index contributed by atoms with van der Waals surface area (Å²) in [4.78, 5) is 15.0. The molecule has 3 aromatic rings. The van der Waals surface area contributed by atoms with E-state index in [1.165, 1.54) is 18.2 Å². The Hall–Kier alpha value is -3.15. The maximum atomic E-state index is 13.4. The summed E-state index contributed by atoms with van der Waals surface area (Å²) >= 11 is 3.10. The number of amides is 1. The molecule has 4 N–H and O–H groups in total. The van der Waals surface area contributed by atoms with E-state index in [0.29, 0.717) is 11.3 Å². The van der Waals surface area contributed by atoms with E-state index in [4.69, 9.17) is 10.0 Å². The molecule has 1 fully saturated rings. The van der Waals surface area contributed by atoms with Crippen LogP contribution in [0.2, 0.25) is 0 Å². The van der Waals surface area contributed by atoms with Gasteiger partial charge in [0.15, 0.2) is 11.5 Å². The average molecular weight is 502 g/mol. The molecule has 2 heterocycles.